The van der Waals surface area contributed by atoms with Crippen LogP contribution in [-0.2, 0) is 23.6 Å². The first-order valence-electron chi connectivity index (χ1n) is 6.13. The Bertz CT molecular complexity index is 712. The minimum absolute atomic E-state index is 0.208. The second kappa shape index (κ2) is 5.26. The van der Waals surface area contributed by atoms with E-state index in [0.29, 0.717) is 16.8 Å². The van der Waals surface area contributed by atoms with Crippen molar-refractivity contribution in [2.45, 2.75) is 25.3 Å². The van der Waals surface area contributed by atoms with Crippen LogP contribution in [0.4, 0.5) is 5.69 Å². The first kappa shape index (κ1) is 14.5. The van der Waals surface area contributed by atoms with E-state index in [1.165, 1.54) is 0 Å². The molecular formula is C13H18N4O2S. The number of aryl methyl sites for hydroxylation is 3. The van der Waals surface area contributed by atoms with Crippen LogP contribution in [0.5, 0.6) is 0 Å². The highest BCUT2D eigenvalue weighted by atomic mass is 32.2. The quantitative estimate of drug-likeness (QED) is 0.826. The van der Waals surface area contributed by atoms with Gasteiger partial charge in [0, 0.05) is 31.0 Å². The van der Waals surface area contributed by atoms with E-state index < -0.39 is 10.0 Å². The molecule has 2 rings (SSSR count). The summed E-state index contributed by atoms with van der Waals surface area (Å²) in [4.78, 5) is 0.288. The zero-order valence-electron chi connectivity index (χ0n) is 11.7. The van der Waals surface area contributed by atoms with Crippen molar-refractivity contribution < 1.29 is 8.42 Å². The highest BCUT2D eigenvalue weighted by molar-refractivity contribution is 7.89. The third-order valence-corrected chi connectivity index (χ3v) is 4.68. The van der Waals surface area contributed by atoms with Crippen molar-refractivity contribution in [2.75, 3.05) is 5.73 Å². The van der Waals surface area contributed by atoms with Gasteiger partial charge in [-0.3, -0.25) is 4.68 Å². The van der Waals surface area contributed by atoms with Gasteiger partial charge in [-0.05, 0) is 37.1 Å². The maximum atomic E-state index is 12.4. The van der Waals surface area contributed by atoms with Gasteiger partial charge in [0.15, 0.2) is 0 Å². The second-order valence-corrected chi connectivity index (χ2v) is 6.53. The Morgan fingerprint density at radius 3 is 2.40 bits per heavy atom. The molecule has 0 saturated carbocycles. The molecule has 0 unspecified atom stereocenters. The molecule has 0 atom stereocenters. The number of sulfonamides is 1. The number of hydrogen-bond donors (Lipinski definition) is 2. The van der Waals surface area contributed by atoms with Crippen molar-refractivity contribution in [1.82, 2.24) is 14.5 Å². The van der Waals surface area contributed by atoms with Gasteiger partial charge in [0.1, 0.15) is 0 Å². The summed E-state index contributed by atoms with van der Waals surface area (Å²) in [5.41, 5.74) is 8.36. The van der Waals surface area contributed by atoms with Crippen molar-refractivity contribution in [3.63, 3.8) is 0 Å². The normalized spacial score (nSPS) is 11.8. The fourth-order valence-corrected chi connectivity index (χ4v) is 3.69. The van der Waals surface area contributed by atoms with Gasteiger partial charge in [0.2, 0.25) is 10.0 Å². The highest BCUT2D eigenvalue weighted by Crippen LogP contribution is 2.23. The fraction of sp³-hybridized carbons (Fsp3) is 0.308. The summed E-state index contributed by atoms with van der Waals surface area (Å²) in [6, 6.07) is 3.32. The summed E-state index contributed by atoms with van der Waals surface area (Å²) in [7, 11) is -1.79. The number of benzene rings is 1. The van der Waals surface area contributed by atoms with E-state index >= 15 is 0 Å². The molecule has 0 aliphatic rings. The Kier molecular flexibility index (Phi) is 3.82. The zero-order chi connectivity index (χ0) is 14.9. The van der Waals surface area contributed by atoms with Gasteiger partial charge in [-0.15, -0.1) is 0 Å². The smallest absolute Gasteiger partial charge is 0.241 e. The maximum Gasteiger partial charge on any atom is 0.241 e. The molecule has 6 nitrogen and oxygen atoms in total. The summed E-state index contributed by atoms with van der Waals surface area (Å²) in [5.74, 6) is 0. The van der Waals surface area contributed by atoms with E-state index in [0.717, 1.165) is 5.56 Å². The average Bonchev–Trinajstić information content (AvgIpc) is 2.71. The minimum atomic E-state index is -3.57. The third-order valence-electron chi connectivity index (χ3n) is 2.98. The summed E-state index contributed by atoms with van der Waals surface area (Å²) in [5, 5.41) is 4.00. The Morgan fingerprint density at radius 2 is 1.90 bits per heavy atom. The maximum absolute atomic E-state index is 12.4. The van der Waals surface area contributed by atoms with Crippen molar-refractivity contribution in [2.24, 2.45) is 7.05 Å². The summed E-state index contributed by atoms with van der Waals surface area (Å²) < 4.78 is 29.0. The standard InChI is InChI=1S/C13H18N4O2S/c1-9-4-12(14)5-10(2)13(9)20(18,19)16-7-11-6-15-17(3)8-11/h4-6,8,16H,7,14H2,1-3H3. The molecule has 20 heavy (non-hydrogen) atoms. The molecule has 2 aromatic rings. The van der Waals surface area contributed by atoms with Crippen LogP contribution in [0, 0.1) is 13.8 Å². The molecule has 0 aliphatic carbocycles. The molecule has 0 fully saturated rings. The molecular weight excluding hydrogens is 276 g/mol. The van der Waals surface area contributed by atoms with E-state index in [2.05, 4.69) is 9.82 Å². The molecule has 0 saturated heterocycles. The predicted octanol–water partition coefficient (Wildman–Crippen LogP) is 1.10. The van der Waals surface area contributed by atoms with Gasteiger partial charge in [-0.2, -0.15) is 5.10 Å². The summed E-state index contributed by atoms with van der Waals surface area (Å²) in [6.45, 7) is 3.68. The number of anilines is 1. The Balaban J connectivity index is 2.27. The van der Waals surface area contributed by atoms with Gasteiger partial charge >= 0.3 is 0 Å². The van der Waals surface area contributed by atoms with Crippen LogP contribution in [0.1, 0.15) is 16.7 Å². The van der Waals surface area contributed by atoms with E-state index in [-0.39, 0.29) is 11.4 Å². The van der Waals surface area contributed by atoms with E-state index in [1.54, 1.807) is 50.1 Å². The molecule has 1 heterocycles. The number of nitrogens with two attached hydrogens (primary N) is 1. The minimum Gasteiger partial charge on any atom is -0.399 e. The molecule has 1 aromatic carbocycles. The van der Waals surface area contributed by atoms with E-state index in [9.17, 15) is 8.42 Å². The molecule has 108 valence electrons. The number of nitrogens with zero attached hydrogens (tertiary/aromatic N) is 2. The molecule has 3 N–H and O–H groups in total. The monoisotopic (exact) mass is 294 g/mol. The van der Waals surface area contributed by atoms with Crippen molar-refractivity contribution in [3.8, 4) is 0 Å². The second-order valence-electron chi connectivity index (χ2n) is 4.83. The lowest BCUT2D eigenvalue weighted by Crippen LogP contribution is -2.24. The largest absolute Gasteiger partial charge is 0.399 e. The number of nitrogens with one attached hydrogen (secondary N) is 1. The molecule has 0 radical (unpaired) electrons. The van der Waals surface area contributed by atoms with Gasteiger partial charge in [0.05, 0.1) is 11.1 Å². The van der Waals surface area contributed by atoms with Crippen LogP contribution in [0.15, 0.2) is 29.4 Å². The summed E-state index contributed by atoms with van der Waals surface area (Å²) in [6.07, 6.45) is 3.40. The summed E-state index contributed by atoms with van der Waals surface area (Å²) >= 11 is 0. The van der Waals surface area contributed by atoms with Gasteiger partial charge in [-0.1, -0.05) is 0 Å². The van der Waals surface area contributed by atoms with Crippen LogP contribution >= 0.6 is 0 Å². The van der Waals surface area contributed by atoms with Crippen molar-refractivity contribution in [1.29, 1.82) is 0 Å². The van der Waals surface area contributed by atoms with Gasteiger partial charge in [-0.25, -0.2) is 13.1 Å². The van der Waals surface area contributed by atoms with Crippen LogP contribution < -0.4 is 10.5 Å². The molecule has 0 amide bonds. The Morgan fingerprint density at radius 1 is 1.30 bits per heavy atom. The zero-order valence-corrected chi connectivity index (χ0v) is 12.5. The van der Waals surface area contributed by atoms with Crippen LogP contribution in [0.2, 0.25) is 0 Å². The molecule has 7 heteroatoms. The topological polar surface area (TPSA) is 90.0 Å². The molecule has 0 aliphatic heterocycles. The fourth-order valence-electron chi connectivity index (χ4n) is 2.22. The molecule has 1 aromatic heterocycles. The molecule has 0 spiro atoms. The van der Waals surface area contributed by atoms with Crippen LogP contribution in [0.3, 0.4) is 0 Å². The van der Waals surface area contributed by atoms with Gasteiger partial charge < -0.3 is 5.73 Å². The lowest BCUT2D eigenvalue weighted by Gasteiger charge is -2.12. The molecule has 0 bridgehead atoms. The average molecular weight is 294 g/mol. The Labute approximate surface area is 118 Å². The van der Waals surface area contributed by atoms with Crippen LogP contribution in [0.25, 0.3) is 0 Å². The third kappa shape index (κ3) is 3.00. The lowest BCUT2D eigenvalue weighted by atomic mass is 10.1. The first-order valence-corrected chi connectivity index (χ1v) is 7.62. The van der Waals surface area contributed by atoms with Crippen molar-refractivity contribution >= 4 is 15.7 Å². The highest BCUT2D eigenvalue weighted by Gasteiger charge is 2.19. The number of hydrogen-bond acceptors (Lipinski definition) is 4. The first-order chi connectivity index (χ1) is 9.29. The SMILES string of the molecule is Cc1cc(N)cc(C)c1S(=O)(=O)NCc1cnn(C)c1. The predicted molar refractivity (Wildman–Crippen MR) is 77.6 cm³/mol. The number of rotatable bonds is 4. The Hall–Kier alpha value is -1.86. The van der Waals surface area contributed by atoms with Gasteiger partial charge in [0.25, 0.3) is 0 Å². The van der Waals surface area contributed by atoms with Crippen molar-refractivity contribution in [3.05, 3.63) is 41.2 Å². The number of nitrogen functional groups attached to an aromatic ring is 1. The van der Waals surface area contributed by atoms with E-state index in [4.69, 9.17) is 5.73 Å². The van der Waals surface area contributed by atoms with E-state index in [1.807, 2.05) is 0 Å². The number of aromatic nitrogens is 2. The van der Waals surface area contributed by atoms with Crippen LogP contribution in [-0.4, -0.2) is 18.2 Å². The lowest BCUT2D eigenvalue weighted by molar-refractivity contribution is 0.580.